The molecule has 1 aromatic heterocycles. The molecule has 0 aliphatic rings. The van der Waals surface area contributed by atoms with Crippen molar-refractivity contribution in [1.82, 2.24) is 0 Å². The molecule has 0 spiro atoms. The van der Waals surface area contributed by atoms with Gasteiger partial charge in [-0.1, -0.05) is 45.8 Å². The fraction of sp³-hybridized carbons (Fsp3) is 0.167. The number of furan rings is 1. The third kappa shape index (κ3) is 2.44. The molecule has 1 unspecified atom stereocenters. The lowest BCUT2D eigenvalue weighted by molar-refractivity contribution is 0.521. The number of benzene rings is 1. The number of rotatable bonds is 2. The van der Waals surface area contributed by atoms with Crippen LogP contribution in [0.1, 0.15) is 21.7 Å². The van der Waals surface area contributed by atoms with Crippen LogP contribution in [-0.4, -0.2) is 0 Å². The zero-order valence-corrected chi connectivity index (χ0v) is 10.5. The lowest BCUT2D eigenvalue weighted by Gasteiger charge is -2.07. The Hall–Kier alpha value is -0.730. The molecule has 1 aromatic carbocycles. The maximum absolute atomic E-state index is 5.73. The van der Waals surface area contributed by atoms with E-state index in [-0.39, 0.29) is 4.83 Å². The standard InChI is InChI=1S/C12H10BrClO/c1-8-2-4-9(5-3-8)12(13)10-6-7-11(14)15-10/h2-7,12H,1H3. The van der Waals surface area contributed by atoms with E-state index in [0.717, 1.165) is 11.3 Å². The third-order valence-corrected chi connectivity index (χ3v) is 3.40. The average Bonchev–Trinajstić information content (AvgIpc) is 2.65. The molecule has 0 aliphatic carbocycles. The van der Waals surface area contributed by atoms with Gasteiger partial charge in [0.1, 0.15) is 5.76 Å². The highest BCUT2D eigenvalue weighted by atomic mass is 79.9. The van der Waals surface area contributed by atoms with Crippen LogP contribution < -0.4 is 0 Å². The minimum Gasteiger partial charge on any atom is -0.448 e. The van der Waals surface area contributed by atoms with Crippen LogP contribution in [0.5, 0.6) is 0 Å². The second-order valence-corrected chi connectivity index (χ2v) is 4.70. The normalized spacial score (nSPS) is 12.7. The summed E-state index contributed by atoms with van der Waals surface area (Å²) in [6, 6.07) is 11.9. The maximum Gasteiger partial charge on any atom is 0.193 e. The number of hydrogen-bond donors (Lipinski definition) is 0. The van der Waals surface area contributed by atoms with Crippen molar-refractivity contribution in [2.24, 2.45) is 0 Å². The van der Waals surface area contributed by atoms with E-state index >= 15 is 0 Å². The quantitative estimate of drug-likeness (QED) is 0.727. The van der Waals surface area contributed by atoms with E-state index in [1.54, 1.807) is 6.07 Å². The Morgan fingerprint density at radius 3 is 2.33 bits per heavy atom. The van der Waals surface area contributed by atoms with Crippen molar-refractivity contribution < 1.29 is 4.42 Å². The molecule has 2 aromatic rings. The Morgan fingerprint density at radius 2 is 1.80 bits per heavy atom. The monoisotopic (exact) mass is 284 g/mol. The summed E-state index contributed by atoms with van der Waals surface area (Å²) < 4.78 is 5.35. The molecule has 3 heteroatoms. The first kappa shape index (κ1) is 10.8. The molecule has 0 bridgehead atoms. The fourth-order valence-corrected chi connectivity index (χ4v) is 2.07. The van der Waals surface area contributed by atoms with Crippen molar-refractivity contribution >= 4 is 27.5 Å². The van der Waals surface area contributed by atoms with Gasteiger partial charge in [0.15, 0.2) is 5.22 Å². The highest BCUT2D eigenvalue weighted by Gasteiger charge is 2.13. The van der Waals surface area contributed by atoms with Gasteiger partial charge in [0, 0.05) is 0 Å². The lowest BCUT2D eigenvalue weighted by atomic mass is 10.1. The van der Waals surface area contributed by atoms with Crippen molar-refractivity contribution in [2.75, 3.05) is 0 Å². The molecule has 78 valence electrons. The van der Waals surface area contributed by atoms with Crippen molar-refractivity contribution in [3.63, 3.8) is 0 Å². The molecular formula is C12H10BrClO. The molecule has 0 radical (unpaired) electrons. The summed E-state index contributed by atoms with van der Waals surface area (Å²) in [6.45, 7) is 2.07. The fourth-order valence-electron chi connectivity index (χ4n) is 1.36. The van der Waals surface area contributed by atoms with Gasteiger partial charge in [-0.3, -0.25) is 0 Å². The molecule has 1 nitrogen and oxygen atoms in total. The van der Waals surface area contributed by atoms with Gasteiger partial charge < -0.3 is 4.42 Å². The first-order valence-corrected chi connectivity index (χ1v) is 5.92. The van der Waals surface area contributed by atoms with Crippen molar-refractivity contribution in [3.8, 4) is 0 Å². The number of halogens is 2. The average molecular weight is 286 g/mol. The second kappa shape index (κ2) is 4.42. The molecule has 0 aliphatic heterocycles. The van der Waals surface area contributed by atoms with E-state index in [9.17, 15) is 0 Å². The van der Waals surface area contributed by atoms with Gasteiger partial charge >= 0.3 is 0 Å². The highest BCUT2D eigenvalue weighted by molar-refractivity contribution is 9.09. The summed E-state index contributed by atoms with van der Waals surface area (Å²) >= 11 is 9.31. The van der Waals surface area contributed by atoms with Gasteiger partial charge in [-0.25, -0.2) is 0 Å². The summed E-state index contributed by atoms with van der Waals surface area (Å²) in [4.78, 5) is 0.0607. The molecule has 1 atom stereocenters. The molecule has 1 heterocycles. The summed E-state index contributed by atoms with van der Waals surface area (Å²) in [6.07, 6.45) is 0. The molecule has 0 fully saturated rings. The minimum absolute atomic E-state index is 0.0607. The number of alkyl halides is 1. The van der Waals surface area contributed by atoms with Crippen LogP contribution in [0.2, 0.25) is 5.22 Å². The SMILES string of the molecule is Cc1ccc(C(Br)c2ccc(Cl)o2)cc1. The Morgan fingerprint density at radius 1 is 1.13 bits per heavy atom. The van der Waals surface area contributed by atoms with Gasteiger partial charge in [0.2, 0.25) is 0 Å². The molecule has 0 saturated heterocycles. The van der Waals surface area contributed by atoms with Crippen LogP contribution in [0.15, 0.2) is 40.8 Å². The van der Waals surface area contributed by atoms with E-state index in [1.165, 1.54) is 5.56 Å². The van der Waals surface area contributed by atoms with Crippen LogP contribution >= 0.6 is 27.5 Å². The minimum atomic E-state index is 0.0607. The maximum atomic E-state index is 5.73. The Labute approximate surface area is 102 Å². The molecule has 0 N–H and O–H groups in total. The van der Waals surface area contributed by atoms with Gasteiger partial charge in [0.25, 0.3) is 0 Å². The summed E-state index contributed by atoms with van der Waals surface area (Å²) in [7, 11) is 0. The van der Waals surface area contributed by atoms with E-state index in [0.29, 0.717) is 5.22 Å². The molecule has 15 heavy (non-hydrogen) atoms. The molecule has 0 amide bonds. The first-order valence-electron chi connectivity index (χ1n) is 4.62. The zero-order chi connectivity index (χ0) is 10.8. The smallest absolute Gasteiger partial charge is 0.193 e. The first-order chi connectivity index (χ1) is 7.16. The van der Waals surface area contributed by atoms with E-state index < -0.39 is 0 Å². The van der Waals surface area contributed by atoms with Crippen LogP contribution in [0.25, 0.3) is 0 Å². The van der Waals surface area contributed by atoms with Crippen LogP contribution in [-0.2, 0) is 0 Å². The molecular weight excluding hydrogens is 275 g/mol. The Kier molecular flexibility index (Phi) is 3.17. The highest BCUT2D eigenvalue weighted by Crippen LogP contribution is 2.32. The summed E-state index contributed by atoms with van der Waals surface area (Å²) in [5.41, 5.74) is 2.41. The number of hydrogen-bond acceptors (Lipinski definition) is 1. The van der Waals surface area contributed by atoms with Gasteiger partial charge in [-0.15, -0.1) is 0 Å². The van der Waals surface area contributed by atoms with Crippen LogP contribution in [0, 0.1) is 6.92 Å². The second-order valence-electron chi connectivity index (χ2n) is 3.42. The Bertz CT molecular complexity index is 447. The van der Waals surface area contributed by atoms with Crippen molar-refractivity contribution in [1.29, 1.82) is 0 Å². The summed E-state index contributed by atoms with van der Waals surface area (Å²) in [5.74, 6) is 0.823. The van der Waals surface area contributed by atoms with Crippen molar-refractivity contribution in [2.45, 2.75) is 11.8 Å². The zero-order valence-electron chi connectivity index (χ0n) is 8.21. The summed E-state index contributed by atoms with van der Waals surface area (Å²) in [5, 5.41) is 0.418. The lowest BCUT2D eigenvalue weighted by Crippen LogP contribution is -1.90. The van der Waals surface area contributed by atoms with Crippen LogP contribution in [0.3, 0.4) is 0 Å². The largest absolute Gasteiger partial charge is 0.448 e. The predicted molar refractivity (Wildman–Crippen MR) is 65.7 cm³/mol. The van der Waals surface area contributed by atoms with Crippen LogP contribution in [0.4, 0.5) is 0 Å². The van der Waals surface area contributed by atoms with E-state index in [1.807, 2.05) is 6.07 Å². The van der Waals surface area contributed by atoms with E-state index in [2.05, 4.69) is 47.1 Å². The number of aryl methyl sites for hydroxylation is 1. The van der Waals surface area contributed by atoms with Crippen molar-refractivity contribution in [3.05, 3.63) is 58.5 Å². The van der Waals surface area contributed by atoms with Gasteiger partial charge in [-0.05, 0) is 36.2 Å². The Balaban J connectivity index is 2.28. The van der Waals surface area contributed by atoms with Gasteiger partial charge in [-0.2, -0.15) is 0 Å². The topological polar surface area (TPSA) is 13.1 Å². The van der Waals surface area contributed by atoms with Gasteiger partial charge in [0.05, 0.1) is 4.83 Å². The van der Waals surface area contributed by atoms with E-state index in [4.69, 9.17) is 16.0 Å². The molecule has 0 saturated carbocycles. The third-order valence-electron chi connectivity index (χ3n) is 2.21. The predicted octanol–water partition coefficient (Wildman–Crippen LogP) is 4.73. The molecule has 2 rings (SSSR count).